The van der Waals surface area contributed by atoms with Crippen LogP contribution in [0.15, 0.2) is 76.0 Å². The van der Waals surface area contributed by atoms with E-state index in [-0.39, 0.29) is 33.8 Å². The molecule has 0 aliphatic carbocycles. The number of carbonyl (C=O) groups excluding carboxylic acids is 1. The van der Waals surface area contributed by atoms with E-state index < -0.39 is 66.0 Å². The number of phenols is 4. The molecule has 0 bridgehead atoms. The lowest BCUT2D eigenvalue weighted by Gasteiger charge is -2.39. The average Bonchev–Trinajstić information content (AvgIpc) is 2.97. The molecule has 1 aliphatic rings. The molecule has 1 aromatic heterocycles. The smallest absolute Gasteiger partial charge is 0.330 e. The van der Waals surface area contributed by atoms with Crippen molar-refractivity contribution < 1.29 is 59.2 Å². The molecule has 0 amide bonds. The zero-order valence-electron chi connectivity index (χ0n) is 22.1. The number of rotatable bonds is 7. The van der Waals surface area contributed by atoms with Crippen molar-refractivity contribution in [3.63, 3.8) is 0 Å². The fraction of sp³-hybridized carbons (Fsp3) is 0.200. The maximum Gasteiger partial charge on any atom is 0.330 e. The molecule has 0 unspecified atom stereocenters. The Kier molecular flexibility index (Phi) is 8.23. The minimum absolute atomic E-state index is 0.0495. The first-order chi connectivity index (χ1) is 20.5. The van der Waals surface area contributed by atoms with E-state index in [1.54, 1.807) is 12.1 Å². The van der Waals surface area contributed by atoms with Crippen molar-refractivity contribution in [2.75, 3.05) is 6.61 Å². The number of aliphatic hydroxyl groups excluding tert-OH is 3. The van der Waals surface area contributed by atoms with Gasteiger partial charge in [0.1, 0.15) is 65.0 Å². The Balaban J connectivity index is 1.42. The van der Waals surface area contributed by atoms with Gasteiger partial charge in [0.25, 0.3) is 0 Å². The zero-order valence-corrected chi connectivity index (χ0v) is 22.1. The first-order valence-corrected chi connectivity index (χ1v) is 12.8. The van der Waals surface area contributed by atoms with E-state index in [9.17, 15) is 45.3 Å². The second kappa shape index (κ2) is 12.0. The molecule has 224 valence electrons. The van der Waals surface area contributed by atoms with Gasteiger partial charge in [0.15, 0.2) is 5.76 Å². The van der Waals surface area contributed by atoms with Crippen LogP contribution < -0.4 is 10.2 Å². The lowest BCUT2D eigenvalue weighted by atomic mass is 9.99. The van der Waals surface area contributed by atoms with Crippen molar-refractivity contribution in [2.45, 2.75) is 30.7 Å². The molecule has 0 radical (unpaired) electrons. The minimum atomic E-state index is -1.90. The fourth-order valence-electron chi connectivity index (χ4n) is 4.41. The molecule has 2 heterocycles. The summed E-state index contributed by atoms with van der Waals surface area (Å²) >= 11 is 0. The van der Waals surface area contributed by atoms with E-state index in [1.165, 1.54) is 42.5 Å². The van der Waals surface area contributed by atoms with Crippen molar-refractivity contribution in [1.82, 2.24) is 0 Å². The minimum Gasteiger partial charge on any atom is -0.508 e. The van der Waals surface area contributed by atoms with Gasteiger partial charge < -0.3 is 54.4 Å². The summed E-state index contributed by atoms with van der Waals surface area (Å²) < 4.78 is 22.2. The zero-order chi connectivity index (χ0) is 30.8. The monoisotopic (exact) mass is 594 g/mol. The van der Waals surface area contributed by atoms with Crippen LogP contribution in [0.2, 0.25) is 0 Å². The molecule has 1 saturated heterocycles. The molecule has 1 fully saturated rings. The molecule has 4 aromatic rings. The SMILES string of the molecule is O=C(/C=C/c1ccc(O)cc1)OC[C@@H]1O[C@H](Oc2c(-c3ccc(O)cc3)oc3cc(O)cc(O)c3c2=O)[C@@H](O)[C@H](O)[C@H]1O. The van der Waals surface area contributed by atoms with Gasteiger partial charge >= 0.3 is 5.97 Å². The van der Waals surface area contributed by atoms with Crippen molar-refractivity contribution in [2.24, 2.45) is 0 Å². The van der Waals surface area contributed by atoms with Gasteiger partial charge in [-0.15, -0.1) is 0 Å². The molecular weight excluding hydrogens is 568 g/mol. The summed E-state index contributed by atoms with van der Waals surface area (Å²) in [6.07, 6.45) is -6.17. The Labute approximate surface area is 242 Å². The van der Waals surface area contributed by atoms with Gasteiger partial charge in [-0.25, -0.2) is 4.79 Å². The Bertz CT molecular complexity index is 1710. The second-order valence-corrected chi connectivity index (χ2v) is 9.66. The summed E-state index contributed by atoms with van der Waals surface area (Å²) in [6.45, 7) is -0.583. The number of esters is 1. The number of hydrogen-bond donors (Lipinski definition) is 7. The number of ether oxygens (including phenoxy) is 3. The molecule has 13 nitrogen and oxygen atoms in total. The van der Waals surface area contributed by atoms with Crippen LogP contribution in [0.1, 0.15) is 5.56 Å². The molecule has 3 aromatic carbocycles. The van der Waals surface area contributed by atoms with Gasteiger partial charge in [0.2, 0.25) is 17.5 Å². The number of aliphatic hydroxyl groups is 3. The molecular formula is C30H26O13. The standard InChI is InChI=1S/C30H26O13/c31-16-6-1-14(2-7-16)3-10-22(35)40-13-21-24(36)26(38)27(39)30(42-21)43-29-25(37)23-19(34)11-18(33)12-20(23)41-28(29)15-4-8-17(32)9-5-15/h1-12,21,24,26-27,30-34,36,38-39H,13H2/b10-3+/t21-,24-,26+,27-,30+/m0/s1. The topological polar surface area (TPSA) is 217 Å². The molecule has 13 heteroatoms. The van der Waals surface area contributed by atoms with Crippen LogP contribution in [0.4, 0.5) is 0 Å². The normalized spacial score (nSPS) is 22.1. The van der Waals surface area contributed by atoms with Crippen LogP contribution in [-0.4, -0.2) is 79.0 Å². The third-order valence-corrected chi connectivity index (χ3v) is 6.64. The van der Waals surface area contributed by atoms with E-state index in [2.05, 4.69) is 0 Å². The molecule has 7 N–H and O–H groups in total. The molecule has 43 heavy (non-hydrogen) atoms. The van der Waals surface area contributed by atoms with Crippen LogP contribution in [0.25, 0.3) is 28.4 Å². The summed E-state index contributed by atoms with van der Waals surface area (Å²) in [7, 11) is 0. The maximum absolute atomic E-state index is 13.5. The van der Waals surface area contributed by atoms with Crippen molar-refractivity contribution in [3.05, 3.63) is 82.5 Å². The van der Waals surface area contributed by atoms with Gasteiger partial charge in [-0.3, -0.25) is 4.79 Å². The number of phenolic OH excluding ortho intramolecular Hbond substituents is 4. The number of hydrogen-bond acceptors (Lipinski definition) is 13. The largest absolute Gasteiger partial charge is 0.508 e. The Morgan fingerprint density at radius 3 is 2.16 bits per heavy atom. The van der Waals surface area contributed by atoms with E-state index in [1.807, 2.05) is 0 Å². The summed E-state index contributed by atoms with van der Waals surface area (Å²) in [6, 6.07) is 13.4. The van der Waals surface area contributed by atoms with Crippen LogP contribution in [0.3, 0.4) is 0 Å². The highest BCUT2D eigenvalue weighted by atomic mass is 16.7. The van der Waals surface area contributed by atoms with E-state index in [4.69, 9.17) is 18.6 Å². The highest BCUT2D eigenvalue weighted by Gasteiger charge is 2.46. The molecule has 5 rings (SSSR count). The lowest BCUT2D eigenvalue weighted by molar-refractivity contribution is -0.278. The van der Waals surface area contributed by atoms with E-state index >= 15 is 0 Å². The number of carbonyl (C=O) groups is 1. The quantitative estimate of drug-likeness (QED) is 0.120. The van der Waals surface area contributed by atoms with Crippen molar-refractivity contribution >= 4 is 23.0 Å². The summed E-state index contributed by atoms with van der Waals surface area (Å²) in [5.74, 6) is -2.70. The Hall–Kier alpha value is -5.08. The van der Waals surface area contributed by atoms with Gasteiger partial charge in [-0.2, -0.15) is 0 Å². The van der Waals surface area contributed by atoms with Crippen LogP contribution >= 0.6 is 0 Å². The highest BCUT2D eigenvalue weighted by Crippen LogP contribution is 2.37. The van der Waals surface area contributed by atoms with Gasteiger partial charge in [0, 0.05) is 23.8 Å². The van der Waals surface area contributed by atoms with E-state index in [0.29, 0.717) is 5.56 Å². The Morgan fingerprint density at radius 2 is 1.49 bits per heavy atom. The summed E-state index contributed by atoms with van der Waals surface area (Å²) in [5, 5.41) is 70.6. The first kappa shape index (κ1) is 29.4. The van der Waals surface area contributed by atoms with Gasteiger partial charge in [-0.05, 0) is 48.0 Å². The highest BCUT2D eigenvalue weighted by molar-refractivity contribution is 5.88. The third-order valence-electron chi connectivity index (χ3n) is 6.64. The molecule has 0 saturated carbocycles. The van der Waals surface area contributed by atoms with E-state index in [0.717, 1.165) is 18.2 Å². The first-order valence-electron chi connectivity index (χ1n) is 12.8. The van der Waals surface area contributed by atoms with Crippen LogP contribution in [0, 0.1) is 0 Å². The number of benzene rings is 3. The van der Waals surface area contributed by atoms with Crippen LogP contribution in [-0.2, 0) is 14.3 Å². The number of aromatic hydroxyl groups is 4. The summed E-state index contributed by atoms with van der Waals surface area (Å²) in [4.78, 5) is 25.8. The maximum atomic E-state index is 13.5. The van der Waals surface area contributed by atoms with Crippen molar-refractivity contribution in [3.8, 4) is 40.1 Å². The fourth-order valence-corrected chi connectivity index (χ4v) is 4.41. The van der Waals surface area contributed by atoms with Gasteiger partial charge in [-0.1, -0.05) is 12.1 Å². The van der Waals surface area contributed by atoms with Gasteiger partial charge in [0.05, 0.1) is 0 Å². The number of fused-ring (bicyclic) bond motifs is 1. The third kappa shape index (κ3) is 6.24. The molecule has 5 atom stereocenters. The van der Waals surface area contributed by atoms with Crippen molar-refractivity contribution in [1.29, 1.82) is 0 Å². The van der Waals surface area contributed by atoms with Crippen LogP contribution in [0.5, 0.6) is 28.7 Å². The molecule has 0 spiro atoms. The second-order valence-electron chi connectivity index (χ2n) is 9.66. The Morgan fingerprint density at radius 1 is 0.837 bits per heavy atom. The average molecular weight is 595 g/mol. The molecule has 1 aliphatic heterocycles. The predicted octanol–water partition coefficient (Wildman–Crippen LogP) is 1.73. The predicted molar refractivity (Wildman–Crippen MR) is 148 cm³/mol. The summed E-state index contributed by atoms with van der Waals surface area (Å²) in [5.41, 5.74) is -0.328. The lowest BCUT2D eigenvalue weighted by Crippen LogP contribution is -2.60.